The topological polar surface area (TPSA) is 32.3 Å². The van der Waals surface area contributed by atoms with E-state index in [0.29, 0.717) is 6.42 Å². The van der Waals surface area contributed by atoms with Crippen LogP contribution in [-0.2, 0) is 10.2 Å². The van der Waals surface area contributed by atoms with Crippen LogP contribution in [-0.4, -0.2) is 19.0 Å². The first-order valence-electron chi connectivity index (χ1n) is 6.46. The van der Waals surface area contributed by atoms with Gasteiger partial charge in [0.1, 0.15) is 0 Å². The zero-order valence-electron chi connectivity index (χ0n) is 11.9. The molecule has 0 spiro atoms. The zero-order valence-corrected chi connectivity index (χ0v) is 11.9. The van der Waals surface area contributed by atoms with Crippen LogP contribution in [0.15, 0.2) is 18.2 Å². The molecule has 2 rings (SSSR count). The molecule has 1 N–H and O–H groups in total. The second-order valence-electron chi connectivity index (χ2n) is 6.18. The van der Waals surface area contributed by atoms with Crippen LogP contribution in [0.5, 0.6) is 0 Å². The van der Waals surface area contributed by atoms with Crippen molar-refractivity contribution in [2.24, 2.45) is 0 Å². The van der Waals surface area contributed by atoms with E-state index in [4.69, 9.17) is 0 Å². The van der Waals surface area contributed by atoms with Gasteiger partial charge in [-0.1, -0.05) is 26.8 Å². The smallest absolute Gasteiger partial charge is 0.228 e. The van der Waals surface area contributed by atoms with E-state index >= 15 is 0 Å². The first kappa shape index (κ1) is 12.9. The molecule has 3 nitrogen and oxygen atoms in total. The van der Waals surface area contributed by atoms with E-state index in [1.807, 2.05) is 20.0 Å². The number of carbonyl (C=O) groups is 1. The lowest BCUT2D eigenvalue weighted by molar-refractivity contribution is -0.118. The summed E-state index contributed by atoms with van der Waals surface area (Å²) < 4.78 is 0. The molecule has 0 saturated heterocycles. The molecule has 0 fully saturated rings. The van der Waals surface area contributed by atoms with Crippen molar-refractivity contribution in [2.45, 2.75) is 45.6 Å². The van der Waals surface area contributed by atoms with Crippen LogP contribution in [0.25, 0.3) is 0 Å². The van der Waals surface area contributed by atoms with Gasteiger partial charge in [0.05, 0.1) is 11.4 Å². The molecule has 0 saturated carbocycles. The Morgan fingerprint density at radius 3 is 2.61 bits per heavy atom. The summed E-state index contributed by atoms with van der Waals surface area (Å²) in [4.78, 5) is 13.7. The molecule has 1 aliphatic rings. The van der Waals surface area contributed by atoms with E-state index < -0.39 is 0 Å². The van der Waals surface area contributed by atoms with E-state index in [1.54, 1.807) is 4.90 Å². The van der Waals surface area contributed by atoms with Crippen molar-refractivity contribution in [3.8, 4) is 0 Å². The number of nitrogens with one attached hydrogen (secondary N) is 1. The number of anilines is 2. The molecule has 1 aromatic rings. The molecule has 98 valence electrons. The zero-order chi connectivity index (χ0) is 13.5. The molecule has 18 heavy (non-hydrogen) atoms. The van der Waals surface area contributed by atoms with E-state index in [-0.39, 0.29) is 17.4 Å². The second kappa shape index (κ2) is 4.30. The number of hydrogen-bond acceptors (Lipinski definition) is 2. The maximum atomic E-state index is 12.0. The highest BCUT2D eigenvalue weighted by molar-refractivity contribution is 5.98. The van der Waals surface area contributed by atoms with E-state index in [0.717, 1.165) is 11.4 Å². The third kappa shape index (κ3) is 2.35. The lowest BCUT2D eigenvalue weighted by Gasteiger charge is -2.23. The van der Waals surface area contributed by atoms with Crippen LogP contribution in [0, 0.1) is 0 Å². The van der Waals surface area contributed by atoms with Crippen molar-refractivity contribution in [2.75, 3.05) is 17.3 Å². The SMILES string of the molecule is CC1CC(=O)N(C)c2ccc(C(C)(C)C)cc2N1. The van der Waals surface area contributed by atoms with Crippen LogP contribution in [0.2, 0.25) is 0 Å². The van der Waals surface area contributed by atoms with Crippen molar-refractivity contribution in [1.29, 1.82) is 0 Å². The number of benzene rings is 1. The van der Waals surface area contributed by atoms with Gasteiger partial charge in [-0.3, -0.25) is 4.79 Å². The minimum atomic E-state index is 0.120. The van der Waals surface area contributed by atoms with E-state index in [1.165, 1.54) is 5.56 Å². The number of hydrogen-bond donors (Lipinski definition) is 1. The molecule has 0 aromatic heterocycles. The van der Waals surface area contributed by atoms with Gasteiger partial charge < -0.3 is 10.2 Å². The molecule has 0 aliphatic carbocycles. The molecule has 0 radical (unpaired) electrons. The quantitative estimate of drug-likeness (QED) is 0.762. The van der Waals surface area contributed by atoms with Crippen molar-refractivity contribution in [3.05, 3.63) is 23.8 Å². The first-order valence-corrected chi connectivity index (χ1v) is 6.46. The Labute approximate surface area is 109 Å². The highest BCUT2D eigenvalue weighted by Gasteiger charge is 2.24. The van der Waals surface area contributed by atoms with Crippen molar-refractivity contribution >= 4 is 17.3 Å². The van der Waals surface area contributed by atoms with Gasteiger partial charge in [0, 0.05) is 19.5 Å². The highest BCUT2D eigenvalue weighted by atomic mass is 16.2. The third-order valence-electron chi connectivity index (χ3n) is 3.48. The van der Waals surface area contributed by atoms with Gasteiger partial charge in [-0.25, -0.2) is 0 Å². The Morgan fingerprint density at radius 2 is 2.00 bits per heavy atom. The number of carbonyl (C=O) groups excluding carboxylic acids is 1. The molecule has 1 heterocycles. The summed E-state index contributed by atoms with van der Waals surface area (Å²) in [6, 6.07) is 6.50. The first-order chi connectivity index (χ1) is 8.29. The average Bonchev–Trinajstić information content (AvgIpc) is 2.35. The fraction of sp³-hybridized carbons (Fsp3) is 0.533. The Balaban J connectivity index is 2.49. The van der Waals surface area contributed by atoms with Gasteiger partial charge >= 0.3 is 0 Å². The number of rotatable bonds is 0. The van der Waals surface area contributed by atoms with Crippen LogP contribution < -0.4 is 10.2 Å². The summed E-state index contributed by atoms with van der Waals surface area (Å²) in [6.45, 7) is 8.64. The van der Waals surface area contributed by atoms with Crippen LogP contribution in [0.4, 0.5) is 11.4 Å². The van der Waals surface area contributed by atoms with Crippen LogP contribution in [0.1, 0.15) is 39.7 Å². The third-order valence-corrected chi connectivity index (χ3v) is 3.48. The predicted molar refractivity (Wildman–Crippen MR) is 76.3 cm³/mol. The average molecular weight is 246 g/mol. The second-order valence-corrected chi connectivity index (χ2v) is 6.18. The van der Waals surface area contributed by atoms with Gasteiger partial charge in [-0.05, 0) is 30.0 Å². The van der Waals surface area contributed by atoms with Gasteiger partial charge in [0.2, 0.25) is 5.91 Å². The molecule has 1 aromatic carbocycles. The number of nitrogens with zero attached hydrogens (tertiary/aromatic N) is 1. The number of fused-ring (bicyclic) bond motifs is 1. The normalized spacial score (nSPS) is 20.2. The maximum absolute atomic E-state index is 12.0. The monoisotopic (exact) mass is 246 g/mol. The van der Waals surface area contributed by atoms with Crippen LogP contribution >= 0.6 is 0 Å². The molecule has 1 atom stereocenters. The summed E-state index contributed by atoms with van der Waals surface area (Å²) in [5, 5.41) is 3.43. The fourth-order valence-electron chi connectivity index (χ4n) is 2.26. The maximum Gasteiger partial charge on any atom is 0.228 e. The molecule has 1 aliphatic heterocycles. The standard InChI is InChI=1S/C15H22N2O/c1-10-8-14(18)17(5)13-7-6-11(15(2,3)4)9-12(13)16-10/h6-7,9-10,16H,8H2,1-5H3. The van der Waals surface area contributed by atoms with Gasteiger partial charge in [-0.2, -0.15) is 0 Å². The van der Waals surface area contributed by atoms with Crippen molar-refractivity contribution in [3.63, 3.8) is 0 Å². The summed E-state index contributed by atoms with van der Waals surface area (Å²) >= 11 is 0. The van der Waals surface area contributed by atoms with E-state index in [9.17, 15) is 4.79 Å². The largest absolute Gasteiger partial charge is 0.380 e. The minimum Gasteiger partial charge on any atom is -0.380 e. The van der Waals surface area contributed by atoms with Crippen molar-refractivity contribution in [1.82, 2.24) is 0 Å². The summed E-state index contributed by atoms with van der Waals surface area (Å²) in [5.74, 6) is 0.164. The Kier molecular flexibility index (Phi) is 3.09. The Bertz CT molecular complexity index is 474. The van der Waals surface area contributed by atoms with Crippen LogP contribution in [0.3, 0.4) is 0 Å². The van der Waals surface area contributed by atoms with E-state index in [2.05, 4.69) is 38.2 Å². The van der Waals surface area contributed by atoms with Crippen molar-refractivity contribution < 1.29 is 4.79 Å². The highest BCUT2D eigenvalue weighted by Crippen LogP contribution is 2.34. The number of amides is 1. The molecule has 3 heteroatoms. The summed E-state index contributed by atoms with van der Waals surface area (Å²) in [6.07, 6.45) is 0.538. The Morgan fingerprint density at radius 1 is 1.33 bits per heavy atom. The minimum absolute atomic E-state index is 0.120. The molecule has 0 bridgehead atoms. The summed E-state index contributed by atoms with van der Waals surface area (Å²) in [5.41, 5.74) is 3.43. The lowest BCUT2D eigenvalue weighted by atomic mass is 9.86. The van der Waals surface area contributed by atoms with Gasteiger partial charge in [0.15, 0.2) is 0 Å². The fourth-order valence-corrected chi connectivity index (χ4v) is 2.26. The van der Waals surface area contributed by atoms with Gasteiger partial charge in [0.25, 0.3) is 0 Å². The summed E-state index contributed by atoms with van der Waals surface area (Å²) in [7, 11) is 1.84. The lowest BCUT2D eigenvalue weighted by Crippen LogP contribution is -2.27. The molecular formula is C15H22N2O. The Hall–Kier alpha value is -1.51. The van der Waals surface area contributed by atoms with Gasteiger partial charge in [-0.15, -0.1) is 0 Å². The molecule has 1 unspecified atom stereocenters. The predicted octanol–water partition coefficient (Wildman–Crippen LogP) is 3.15. The molecule has 1 amide bonds. The molecular weight excluding hydrogens is 224 g/mol.